The molecule has 2 fully saturated rings. The van der Waals surface area contributed by atoms with Gasteiger partial charge in [-0.25, -0.2) is 14.8 Å². The smallest absolute Gasteiger partial charge is 0.407 e. The highest BCUT2D eigenvalue weighted by molar-refractivity contribution is 7.31. The summed E-state index contributed by atoms with van der Waals surface area (Å²) >= 11 is 5.40. The maximum atomic E-state index is 12.1. The van der Waals surface area contributed by atoms with Crippen LogP contribution in [0.4, 0.5) is 4.79 Å². The number of nitrogens with one attached hydrogen (secondary N) is 2. The highest BCUT2D eigenvalue weighted by Gasteiger charge is 2.30. The summed E-state index contributed by atoms with van der Waals surface area (Å²) in [6.45, 7) is 11.5. The maximum absolute atomic E-state index is 12.1. The Morgan fingerprint density at radius 3 is 1.95 bits per heavy atom. The third kappa shape index (κ3) is 13.8. The SMILES string of the molecule is C.C.COC(=O)CCC(C)C.COC(=O)NC(C(=O)N1CCCC1)C(C)C.O=CN1CCCC1.c1nc2ccc(-c3cc4sc(-c5ccc6ncsc6c5)cc4s3)cc2[nH]1. The first kappa shape index (κ1) is 49.5. The third-order valence-corrected chi connectivity index (χ3v) is 13.0. The standard InChI is InChI=1S/C20H11N3S3.C11H20N2O3.C7H14O2.C5H9NO.2CH4/c1-3-13-15(22-9-21-13)5-11(1)16-7-19-20(25-16)8-17(26-19)12-2-4-14-18(6-12)24-10-23-14;1-8(2)9(12-11(15)16-3)10(14)13-6-4-5-7-13;1-6(2)4-5-7(8)9-3;7-5-6-3-1-2-4-6;;/h1-10H,(H,21,22);8-9H,4-7H2,1-3H3,(H,12,15);6H,4-5H2,1-3H3;5H,1-4H2;2*1H4. The number of esters is 1. The lowest BCUT2D eigenvalue weighted by Gasteiger charge is -2.26. The molecule has 0 radical (unpaired) electrons. The summed E-state index contributed by atoms with van der Waals surface area (Å²) in [5.41, 5.74) is 7.59. The van der Waals surface area contributed by atoms with Crippen LogP contribution in [0.15, 0.2) is 60.4 Å². The number of methoxy groups -OCH3 is 2. The number of nitrogens with zero attached hydrogens (tertiary/aromatic N) is 4. The van der Waals surface area contributed by atoms with E-state index in [-0.39, 0.29) is 32.6 Å². The first-order chi connectivity index (χ1) is 28.0. The van der Waals surface area contributed by atoms with E-state index in [4.69, 9.17) is 0 Å². The second-order valence-electron chi connectivity index (χ2n) is 14.9. The highest BCUT2D eigenvalue weighted by atomic mass is 32.1. The van der Waals surface area contributed by atoms with Gasteiger partial charge in [-0.15, -0.1) is 34.0 Å². The number of hydrogen-bond donors (Lipinski definition) is 2. The molecule has 2 aromatic carbocycles. The number of alkyl carbamates (subject to hydrolysis) is 1. The van der Waals surface area contributed by atoms with Crippen molar-refractivity contribution in [1.29, 1.82) is 0 Å². The number of imidazole rings is 1. The van der Waals surface area contributed by atoms with Crippen molar-refractivity contribution in [3.63, 3.8) is 0 Å². The van der Waals surface area contributed by atoms with Crippen molar-refractivity contribution in [2.75, 3.05) is 40.4 Å². The number of ether oxygens (including phenoxy) is 2. The lowest BCUT2D eigenvalue weighted by atomic mass is 10.0. The van der Waals surface area contributed by atoms with Gasteiger partial charge in [0.1, 0.15) is 6.04 Å². The number of hydrogen-bond acceptors (Lipinski definition) is 11. The molecule has 1 atom stereocenters. The predicted octanol–water partition coefficient (Wildman–Crippen LogP) is 10.9. The Balaban J connectivity index is 0.000000242. The first-order valence-corrected chi connectivity index (χ1v) is 22.2. The van der Waals surface area contributed by atoms with E-state index < -0.39 is 12.1 Å². The molecule has 1 unspecified atom stereocenters. The fourth-order valence-corrected chi connectivity index (χ4v) is 9.51. The van der Waals surface area contributed by atoms with Crippen molar-refractivity contribution in [3.05, 3.63) is 60.4 Å². The van der Waals surface area contributed by atoms with Gasteiger partial charge in [-0.05, 0) is 91.5 Å². The Morgan fingerprint density at radius 2 is 1.40 bits per heavy atom. The van der Waals surface area contributed by atoms with Crippen LogP contribution in [0.5, 0.6) is 0 Å². The number of aromatic amines is 1. The molecule has 0 saturated carbocycles. The number of amides is 3. The van der Waals surface area contributed by atoms with Crippen molar-refractivity contribution >= 4 is 89.0 Å². The number of carbonyl (C=O) groups excluding carboxylic acids is 4. The lowest BCUT2D eigenvalue weighted by Crippen LogP contribution is -2.50. The molecule has 2 aliphatic heterocycles. The molecular weight excluding hydrogens is 817 g/mol. The molecule has 8 rings (SSSR count). The zero-order chi connectivity index (χ0) is 41.6. The van der Waals surface area contributed by atoms with Crippen molar-refractivity contribution in [3.8, 4) is 20.9 Å². The molecule has 4 aromatic heterocycles. The number of H-pyrrole nitrogens is 1. The summed E-state index contributed by atoms with van der Waals surface area (Å²) in [5.74, 6) is 0.540. The van der Waals surface area contributed by atoms with Crippen LogP contribution in [0.2, 0.25) is 0 Å². The van der Waals surface area contributed by atoms with Crippen LogP contribution in [0.3, 0.4) is 0 Å². The number of thiophene rings is 2. The Bertz CT molecular complexity index is 2110. The maximum Gasteiger partial charge on any atom is 0.407 e. The van der Waals surface area contributed by atoms with Gasteiger partial charge in [-0.3, -0.25) is 14.4 Å². The number of likely N-dealkylation sites (tertiary alicyclic amines) is 2. The van der Waals surface area contributed by atoms with Crippen LogP contribution in [0, 0.1) is 11.8 Å². The summed E-state index contributed by atoms with van der Waals surface area (Å²) in [5, 5.41) is 2.59. The predicted molar refractivity (Wildman–Crippen MR) is 250 cm³/mol. The molecule has 2 N–H and O–H groups in total. The molecule has 15 heteroatoms. The normalized spacial score (nSPS) is 13.6. The lowest BCUT2D eigenvalue weighted by molar-refractivity contribution is -0.141. The number of aromatic nitrogens is 3. The molecule has 326 valence electrons. The largest absolute Gasteiger partial charge is 0.469 e. The van der Waals surface area contributed by atoms with E-state index in [9.17, 15) is 19.2 Å². The van der Waals surface area contributed by atoms with E-state index in [1.807, 2.05) is 42.0 Å². The van der Waals surface area contributed by atoms with Crippen molar-refractivity contribution < 1.29 is 28.7 Å². The van der Waals surface area contributed by atoms with Gasteiger partial charge in [0.25, 0.3) is 0 Å². The fourth-order valence-electron chi connectivity index (χ4n) is 6.41. The molecular formula is C45H62N6O6S3. The van der Waals surface area contributed by atoms with Gasteiger partial charge >= 0.3 is 12.1 Å². The van der Waals surface area contributed by atoms with Gasteiger partial charge in [0.15, 0.2) is 0 Å². The van der Waals surface area contributed by atoms with Gasteiger partial charge < -0.3 is 29.6 Å². The van der Waals surface area contributed by atoms with Crippen LogP contribution in [-0.2, 0) is 23.9 Å². The zero-order valence-electron chi connectivity index (χ0n) is 34.1. The fraction of sp³-hybridized carbons (Fsp3) is 0.467. The van der Waals surface area contributed by atoms with Gasteiger partial charge in [0.2, 0.25) is 12.3 Å². The van der Waals surface area contributed by atoms with Crippen LogP contribution < -0.4 is 5.32 Å². The quantitative estimate of drug-likeness (QED) is 0.108. The van der Waals surface area contributed by atoms with Crippen LogP contribution in [0.1, 0.15) is 81.1 Å². The third-order valence-electron chi connectivity index (χ3n) is 9.78. The number of carbonyl (C=O) groups is 4. The second-order valence-corrected chi connectivity index (χ2v) is 17.9. The number of benzene rings is 2. The van der Waals surface area contributed by atoms with E-state index in [1.54, 1.807) is 27.5 Å². The molecule has 3 amide bonds. The summed E-state index contributed by atoms with van der Waals surface area (Å²) in [7, 11) is 2.72. The molecule has 2 aliphatic rings. The van der Waals surface area contributed by atoms with Crippen LogP contribution >= 0.6 is 34.0 Å². The zero-order valence-corrected chi connectivity index (χ0v) is 36.6. The monoisotopic (exact) mass is 878 g/mol. The number of fused-ring (bicyclic) bond motifs is 3. The average molecular weight is 879 g/mol. The topological polar surface area (TPSA) is 147 Å². The van der Waals surface area contributed by atoms with Gasteiger partial charge in [0, 0.05) is 51.8 Å². The second kappa shape index (κ2) is 24.4. The molecule has 12 nitrogen and oxygen atoms in total. The van der Waals surface area contributed by atoms with Gasteiger partial charge in [-0.2, -0.15) is 0 Å². The Kier molecular flexibility index (Phi) is 20.1. The Hall–Kier alpha value is -4.86. The Labute approximate surface area is 366 Å². The van der Waals surface area contributed by atoms with E-state index in [0.29, 0.717) is 12.3 Å². The minimum atomic E-state index is -0.550. The van der Waals surface area contributed by atoms with Crippen molar-refractivity contribution in [2.24, 2.45) is 11.8 Å². The number of rotatable bonds is 9. The highest BCUT2D eigenvalue weighted by Crippen LogP contribution is 2.42. The van der Waals surface area contributed by atoms with Crippen molar-refractivity contribution in [2.45, 2.75) is 87.1 Å². The van der Waals surface area contributed by atoms with Crippen LogP contribution in [-0.4, -0.2) is 95.6 Å². The molecule has 6 heterocycles. The molecule has 0 bridgehead atoms. The molecule has 0 aliphatic carbocycles. The minimum Gasteiger partial charge on any atom is -0.469 e. The van der Waals surface area contributed by atoms with E-state index in [1.165, 1.54) is 62.0 Å². The molecule has 0 spiro atoms. The number of thiazole rings is 1. The summed E-state index contributed by atoms with van der Waals surface area (Å²) in [4.78, 5) is 61.7. The van der Waals surface area contributed by atoms with Gasteiger partial charge in [0.05, 0.1) is 47.3 Å². The van der Waals surface area contributed by atoms with E-state index >= 15 is 0 Å². The van der Waals surface area contributed by atoms with Crippen LogP contribution in [0.25, 0.3) is 51.5 Å². The van der Waals surface area contributed by atoms with E-state index in [0.717, 1.165) is 68.4 Å². The van der Waals surface area contributed by atoms with Crippen molar-refractivity contribution in [1.82, 2.24) is 30.1 Å². The summed E-state index contributed by atoms with van der Waals surface area (Å²) < 4.78 is 12.9. The minimum absolute atomic E-state index is 0. The Morgan fingerprint density at radius 1 is 0.800 bits per heavy atom. The molecule has 6 aromatic rings. The first-order valence-electron chi connectivity index (χ1n) is 19.7. The molecule has 60 heavy (non-hydrogen) atoms. The van der Waals surface area contributed by atoms with Gasteiger partial charge in [-0.1, -0.05) is 54.7 Å². The molecule has 2 saturated heterocycles. The summed E-state index contributed by atoms with van der Waals surface area (Å²) in [6, 6.07) is 17.1. The summed E-state index contributed by atoms with van der Waals surface area (Å²) in [6.07, 6.45) is 8.08. The van der Waals surface area contributed by atoms with E-state index in [2.05, 4.69) is 92.1 Å². The average Bonchev–Trinajstić information content (AvgIpc) is 4.08.